The summed E-state index contributed by atoms with van der Waals surface area (Å²) in [4.78, 5) is 29.4. The van der Waals surface area contributed by atoms with Gasteiger partial charge in [0.2, 0.25) is 11.8 Å². The van der Waals surface area contributed by atoms with Crippen LogP contribution in [-0.2, 0) is 20.7 Å². The van der Waals surface area contributed by atoms with Gasteiger partial charge in [-0.05, 0) is 43.6 Å². The highest BCUT2D eigenvalue weighted by molar-refractivity contribution is 5.89. The molecule has 1 aromatic rings. The maximum Gasteiger partial charge on any atom is 0.227 e. The van der Waals surface area contributed by atoms with Gasteiger partial charge in [0, 0.05) is 45.3 Å². The van der Waals surface area contributed by atoms with Crippen molar-refractivity contribution in [3.8, 4) is 0 Å². The van der Waals surface area contributed by atoms with Crippen molar-refractivity contribution >= 4 is 11.8 Å². The molecule has 1 aromatic carbocycles. The van der Waals surface area contributed by atoms with Gasteiger partial charge in [-0.25, -0.2) is 0 Å². The van der Waals surface area contributed by atoms with Crippen LogP contribution in [-0.4, -0.2) is 60.5 Å². The Hall–Kier alpha value is -1.88. The minimum Gasteiger partial charge on any atom is -0.381 e. The van der Waals surface area contributed by atoms with Crippen LogP contribution in [0.3, 0.4) is 0 Å². The summed E-state index contributed by atoms with van der Waals surface area (Å²) in [6.45, 7) is 3.72. The second-order valence-electron chi connectivity index (χ2n) is 8.25. The number of piperidine rings is 1. The van der Waals surface area contributed by atoms with Crippen LogP contribution < -0.4 is 0 Å². The fourth-order valence-corrected chi connectivity index (χ4v) is 4.81. The van der Waals surface area contributed by atoms with Gasteiger partial charge in [-0.15, -0.1) is 0 Å². The van der Waals surface area contributed by atoms with Crippen molar-refractivity contribution in [2.45, 2.75) is 44.6 Å². The highest BCUT2D eigenvalue weighted by Gasteiger charge is 2.40. The average molecular weight is 370 g/mol. The second-order valence-corrected chi connectivity index (χ2v) is 8.25. The van der Waals surface area contributed by atoms with Crippen LogP contribution in [0.25, 0.3) is 0 Å². The van der Waals surface area contributed by atoms with E-state index >= 15 is 0 Å². The molecule has 0 unspecified atom stereocenters. The third kappa shape index (κ3) is 4.34. The minimum atomic E-state index is -0.147. The normalized spacial score (nSPS) is 25.2. The van der Waals surface area contributed by atoms with Crippen LogP contribution in [0.4, 0.5) is 0 Å². The molecule has 2 amide bonds. The average Bonchev–Trinajstić information content (AvgIpc) is 3.11. The van der Waals surface area contributed by atoms with Gasteiger partial charge in [-0.3, -0.25) is 9.59 Å². The van der Waals surface area contributed by atoms with Gasteiger partial charge in [0.15, 0.2) is 0 Å². The summed E-state index contributed by atoms with van der Waals surface area (Å²) in [6, 6.07) is 10.9. The van der Waals surface area contributed by atoms with Crippen LogP contribution in [0, 0.1) is 11.8 Å². The fraction of sp³-hybridized carbons (Fsp3) is 0.636. The number of rotatable bonds is 4. The first-order chi connectivity index (χ1) is 13.2. The lowest BCUT2D eigenvalue weighted by Crippen LogP contribution is -2.44. The molecule has 0 spiro atoms. The Morgan fingerprint density at radius 2 is 1.74 bits per heavy atom. The summed E-state index contributed by atoms with van der Waals surface area (Å²) in [7, 11) is 0. The lowest BCUT2D eigenvalue weighted by Gasteiger charge is -2.34. The highest BCUT2D eigenvalue weighted by atomic mass is 16.5. The van der Waals surface area contributed by atoms with Crippen molar-refractivity contribution in [3.63, 3.8) is 0 Å². The molecule has 27 heavy (non-hydrogen) atoms. The van der Waals surface area contributed by atoms with Gasteiger partial charge in [0.1, 0.15) is 0 Å². The fourth-order valence-electron chi connectivity index (χ4n) is 4.81. The first kappa shape index (κ1) is 18.5. The molecule has 146 valence electrons. The Labute approximate surface area is 161 Å². The van der Waals surface area contributed by atoms with Gasteiger partial charge in [0.05, 0.1) is 5.92 Å². The van der Waals surface area contributed by atoms with Crippen molar-refractivity contribution in [2.75, 3.05) is 32.8 Å². The van der Waals surface area contributed by atoms with Crippen LogP contribution >= 0.6 is 0 Å². The number of hydrogen-bond acceptors (Lipinski definition) is 3. The number of carbonyl (C=O) groups excluding carboxylic acids is 2. The summed E-state index contributed by atoms with van der Waals surface area (Å²) >= 11 is 0. The number of nitrogens with zero attached hydrogens (tertiary/aromatic N) is 2. The topological polar surface area (TPSA) is 49.9 Å². The predicted octanol–water partition coefficient (Wildman–Crippen LogP) is 2.50. The smallest absolute Gasteiger partial charge is 0.227 e. The Kier molecular flexibility index (Phi) is 5.77. The van der Waals surface area contributed by atoms with Crippen molar-refractivity contribution in [1.29, 1.82) is 0 Å². The minimum absolute atomic E-state index is 0.147. The molecule has 5 heteroatoms. The van der Waals surface area contributed by atoms with Crippen LogP contribution in [0.15, 0.2) is 30.3 Å². The predicted molar refractivity (Wildman–Crippen MR) is 103 cm³/mol. The van der Waals surface area contributed by atoms with E-state index in [2.05, 4.69) is 30.3 Å². The van der Waals surface area contributed by atoms with Gasteiger partial charge in [-0.2, -0.15) is 0 Å². The number of carbonyl (C=O) groups is 2. The molecule has 0 bridgehead atoms. The van der Waals surface area contributed by atoms with Crippen molar-refractivity contribution in [2.24, 2.45) is 11.8 Å². The van der Waals surface area contributed by atoms with E-state index in [0.29, 0.717) is 18.9 Å². The summed E-state index contributed by atoms with van der Waals surface area (Å²) in [6.07, 6.45) is 5.41. The Bertz CT molecular complexity index is 649. The van der Waals surface area contributed by atoms with Crippen LogP contribution in [0.2, 0.25) is 0 Å². The van der Waals surface area contributed by atoms with Crippen molar-refractivity contribution in [1.82, 2.24) is 9.80 Å². The Balaban J connectivity index is 1.27. The highest BCUT2D eigenvalue weighted by Crippen LogP contribution is 2.28. The molecule has 5 nitrogen and oxygen atoms in total. The van der Waals surface area contributed by atoms with Gasteiger partial charge >= 0.3 is 0 Å². The maximum atomic E-state index is 13.0. The SMILES string of the molecule is O=C([C@H]1CC(=O)N(C2CCOCC2)C1)N1CCC(Cc2ccccc2)CC1. The molecule has 3 heterocycles. The molecule has 3 fully saturated rings. The zero-order chi connectivity index (χ0) is 18.6. The molecule has 4 rings (SSSR count). The van der Waals surface area contributed by atoms with E-state index in [1.807, 2.05) is 9.80 Å². The molecule has 0 aliphatic carbocycles. The lowest BCUT2D eigenvalue weighted by atomic mass is 9.89. The van der Waals surface area contributed by atoms with E-state index in [1.54, 1.807) is 0 Å². The Morgan fingerprint density at radius 1 is 1.04 bits per heavy atom. The van der Waals surface area contributed by atoms with Gasteiger partial charge in [0.25, 0.3) is 0 Å². The standard InChI is InChI=1S/C22H30N2O3/c25-21-15-19(16-24(21)20-8-12-27-13-9-20)22(26)23-10-6-18(7-11-23)14-17-4-2-1-3-5-17/h1-5,18-20H,6-16H2/t19-/m0/s1. The number of likely N-dealkylation sites (tertiary alicyclic amines) is 2. The summed E-state index contributed by atoms with van der Waals surface area (Å²) in [5, 5.41) is 0. The van der Waals surface area contributed by atoms with E-state index in [0.717, 1.165) is 58.4 Å². The second kappa shape index (κ2) is 8.42. The first-order valence-electron chi connectivity index (χ1n) is 10.4. The van der Waals surface area contributed by atoms with E-state index < -0.39 is 0 Å². The summed E-state index contributed by atoms with van der Waals surface area (Å²) < 4.78 is 5.40. The largest absolute Gasteiger partial charge is 0.381 e. The van der Waals surface area contributed by atoms with Gasteiger partial charge < -0.3 is 14.5 Å². The number of benzene rings is 1. The third-order valence-electron chi connectivity index (χ3n) is 6.43. The molecule has 0 aromatic heterocycles. The molecule has 0 radical (unpaired) electrons. The maximum absolute atomic E-state index is 13.0. The molecule has 1 atom stereocenters. The third-order valence-corrected chi connectivity index (χ3v) is 6.43. The monoisotopic (exact) mass is 370 g/mol. The van der Waals surface area contributed by atoms with E-state index in [4.69, 9.17) is 4.74 Å². The zero-order valence-corrected chi connectivity index (χ0v) is 16.0. The van der Waals surface area contributed by atoms with Crippen molar-refractivity contribution in [3.05, 3.63) is 35.9 Å². The summed E-state index contributed by atoms with van der Waals surface area (Å²) in [5.74, 6) is 0.849. The van der Waals surface area contributed by atoms with E-state index in [9.17, 15) is 9.59 Å². The lowest BCUT2D eigenvalue weighted by molar-refractivity contribution is -0.137. The number of ether oxygens (including phenoxy) is 1. The number of amides is 2. The molecule has 0 N–H and O–H groups in total. The van der Waals surface area contributed by atoms with E-state index in [1.165, 1.54) is 5.56 Å². The molecule has 3 aliphatic rings. The zero-order valence-electron chi connectivity index (χ0n) is 16.0. The summed E-state index contributed by atoms with van der Waals surface area (Å²) in [5.41, 5.74) is 1.38. The van der Waals surface area contributed by atoms with Crippen molar-refractivity contribution < 1.29 is 14.3 Å². The molecular weight excluding hydrogens is 340 g/mol. The number of hydrogen-bond donors (Lipinski definition) is 0. The van der Waals surface area contributed by atoms with Crippen LogP contribution in [0.5, 0.6) is 0 Å². The quantitative estimate of drug-likeness (QED) is 0.818. The van der Waals surface area contributed by atoms with Gasteiger partial charge in [-0.1, -0.05) is 30.3 Å². The Morgan fingerprint density at radius 3 is 2.44 bits per heavy atom. The molecule has 3 saturated heterocycles. The van der Waals surface area contributed by atoms with E-state index in [-0.39, 0.29) is 23.8 Å². The molecule has 0 saturated carbocycles. The molecular formula is C22H30N2O3. The molecule has 3 aliphatic heterocycles. The first-order valence-corrected chi connectivity index (χ1v) is 10.4. The van der Waals surface area contributed by atoms with Crippen LogP contribution in [0.1, 0.15) is 37.7 Å².